The van der Waals surface area contributed by atoms with Crippen molar-refractivity contribution in [2.45, 2.75) is 32.4 Å². The van der Waals surface area contributed by atoms with Crippen LogP contribution in [0.25, 0.3) is 10.9 Å². The summed E-state index contributed by atoms with van der Waals surface area (Å²) in [5, 5.41) is 7.48. The fourth-order valence-corrected chi connectivity index (χ4v) is 3.69. The molecule has 2 aliphatic rings. The van der Waals surface area contributed by atoms with E-state index in [-0.39, 0.29) is 12.1 Å². The number of hydrogen-bond acceptors (Lipinski definition) is 4. The Balaban J connectivity index is 0.000000283. The van der Waals surface area contributed by atoms with Crippen molar-refractivity contribution in [1.82, 2.24) is 15.6 Å². The maximum absolute atomic E-state index is 9.50. The monoisotopic (exact) mass is 379 g/mol. The summed E-state index contributed by atoms with van der Waals surface area (Å²) < 4.78 is 10.9. The lowest BCUT2D eigenvalue weighted by atomic mass is 9.94. The van der Waals surface area contributed by atoms with E-state index in [0.717, 1.165) is 24.5 Å². The third kappa shape index (κ3) is 3.55. The molecular weight excluding hydrogens is 354 g/mol. The van der Waals surface area contributed by atoms with E-state index in [9.17, 15) is 4.79 Å². The molecule has 0 aliphatic carbocycles. The topological polar surface area (TPSA) is 75.4 Å². The molecule has 6 heteroatoms. The maximum Gasteiger partial charge on any atom is 0.231 e. The number of para-hydroxylation sites is 1. The van der Waals surface area contributed by atoms with Crippen molar-refractivity contribution in [3.63, 3.8) is 0 Å². The van der Waals surface area contributed by atoms with Crippen LogP contribution in [0.3, 0.4) is 0 Å². The number of aromatic nitrogens is 1. The van der Waals surface area contributed by atoms with Crippen LogP contribution < -0.4 is 20.1 Å². The minimum atomic E-state index is 0.172. The minimum Gasteiger partial charge on any atom is -0.454 e. The average Bonchev–Trinajstić information content (AvgIpc) is 3.32. The first-order valence-corrected chi connectivity index (χ1v) is 9.59. The molecule has 1 amide bonds. The zero-order valence-corrected chi connectivity index (χ0v) is 16.1. The van der Waals surface area contributed by atoms with Crippen LogP contribution in [0.5, 0.6) is 11.5 Å². The molecule has 5 rings (SSSR count). The number of H-pyrrole nitrogens is 1. The maximum atomic E-state index is 9.50. The van der Waals surface area contributed by atoms with Crippen LogP contribution in [0.2, 0.25) is 0 Å². The zero-order valence-electron chi connectivity index (χ0n) is 16.1. The number of benzene rings is 2. The molecule has 0 saturated heterocycles. The molecule has 3 heterocycles. The Bertz CT molecular complexity index is 980. The van der Waals surface area contributed by atoms with Gasteiger partial charge in [-0.3, -0.25) is 4.79 Å². The highest BCUT2D eigenvalue weighted by Gasteiger charge is 2.26. The molecule has 0 saturated carbocycles. The van der Waals surface area contributed by atoms with Gasteiger partial charge in [-0.25, -0.2) is 0 Å². The number of rotatable bonds is 3. The van der Waals surface area contributed by atoms with Crippen molar-refractivity contribution in [3.8, 4) is 11.5 Å². The van der Waals surface area contributed by atoms with Crippen molar-refractivity contribution >= 4 is 17.3 Å². The third-order valence-corrected chi connectivity index (χ3v) is 4.99. The molecule has 0 spiro atoms. The number of fused-ring (bicyclic) bond motifs is 4. The second-order valence-corrected chi connectivity index (χ2v) is 7.25. The molecule has 3 N–H and O–H groups in total. The molecule has 3 aromatic rings. The predicted octanol–water partition coefficient (Wildman–Crippen LogP) is 3.27. The van der Waals surface area contributed by atoms with Crippen LogP contribution in [0, 0.1) is 0 Å². The van der Waals surface area contributed by atoms with E-state index in [4.69, 9.17) is 9.47 Å². The van der Waals surface area contributed by atoms with Crippen LogP contribution in [0.1, 0.15) is 36.7 Å². The van der Waals surface area contributed by atoms with Gasteiger partial charge in [-0.2, -0.15) is 0 Å². The largest absolute Gasteiger partial charge is 0.454 e. The van der Waals surface area contributed by atoms with E-state index in [1.807, 2.05) is 19.9 Å². The number of carbonyl (C=O) groups is 1. The number of ether oxygens (including phenoxy) is 2. The van der Waals surface area contributed by atoms with Gasteiger partial charge in [0.2, 0.25) is 13.2 Å². The first-order valence-electron chi connectivity index (χ1n) is 9.59. The number of amides is 1. The average molecular weight is 379 g/mol. The summed E-state index contributed by atoms with van der Waals surface area (Å²) >= 11 is 0. The lowest BCUT2D eigenvalue weighted by Crippen LogP contribution is -2.30. The van der Waals surface area contributed by atoms with Crippen LogP contribution >= 0.6 is 0 Å². The quantitative estimate of drug-likeness (QED) is 0.611. The molecule has 0 unspecified atom stereocenters. The molecule has 0 bridgehead atoms. The van der Waals surface area contributed by atoms with Crippen LogP contribution in [-0.2, 0) is 11.2 Å². The van der Waals surface area contributed by atoms with Gasteiger partial charge in [0.15, 0.2) is 11.5 Å². The third-order valence-electron chi connectivity index (χ3n) is 4.99. The highest BCUT2D eigenvalue weighted by Crippen LogP contribution is 2.38. The summed E-state index contributed by atoms with van der Waals surface area (Å²) in [6.45, 7) is 5.12. The molecule has 1 aromatic heterocycles. The normalized spacial score (nSPS) is 17.0. The van der Waals surface area contributed by atoms with Gasteiger partial charge in [-0.15, -0.1) is 0 Å². The molecule has 28 heavy (non-hydrogen) atoms. The highest BCUT2D eigenvalue weighted by atomic mass is 16.7. The molecule has 1 atom stereocenters. The standard InChI is InChI=1S/C18H16N2O2.C4H9NO/c1-2-4-14-12(3-1)13-7-8-19-17(18(13)20-14)11-5-6-15-16(9-11)22-10-21-15;1-4(2)5-3-6/h1-6,9,17,19-20H,7-8,10H2;3-4H,1-2H3,(H,5,6)/t17-;/m0./s1. The van der Waals surface area contributed by atoms with Gasteiger partial charge in [0, 0.05) is 29.2 Å². The summed E-state index contributed by atoms with van der Waals surface area (Å²) in [6.07, 6.45) is 1.76. The lowest BCUT2D eigenvalue weighted by molar-refractivity contribution is -0.109. The molecule has 6 nitrogen and oxygen atoms in total. The van der Waals surface area contributed by atoms with E-state index in [1.54, 1.807) is 0 Å². The van der Waals surface area contributed by atoms with Gasteiger partial charge >= 0.3 is 0 Å². The fourth-order valence-electron chi connectivity index (χ4n) is 3.69. The van der Waals surface area contributed by atoms with Crippen molar-refractivity contribution in [1.29, 1.82) is 0 Å². The number of hydrogen-bond donors (Lipinski definition) is 3. The Hall–Kier alpha value is -2.99. The Morgan fingerprint density at radius 3 is 2.75 bits per heavy atom. The van der Waals surface area contributed by atoms with Gasteiger partial charge in [-0.05, 0) is 49.6 Å². The molecule has 146 valence electrons. The van der Waals surface area contributed by atoms with E-state index >= 15 is 0 Å². The summed E-state index contributed by atoms with van der Waals surface area (Å²) in [5.41, 5.74) is 5.11. The first kappa shape index (κ1) is 18.4. The SMILES string of the molecule is CC(C)NC=O.c1ccc2c3c([nH]c2c1)[C@H](c1ccc2c(c1)OCO2)NCC3. The first-order chi connectivity index (χ1) is 13.7. The lowest BCUT2D eigenvalue weighted by Gasteiger charge is -2.25. The van der Waals surface area contributed by atoms with E-state index in [1.165, 1.54) is 27.7 Å². The van der Waals surface area contributed by atoms with Crippen LogP contribution in [0.4, 0.5) is 0 Å². The van der Waals surface area contributed by atoms with E-state index in [0.29, 0.717) is 13.2 Å². The van der Waals surface area contributed by atoms with Gasteiger partial charge < -0.3 is 25.1 Å². The van der Waals surface area contributed by atoms with Crippen molar-refractivity contribution < 1.29 is 14.3 Å². The second-order valence-electron chi connectivity index (χ2n) is 7.25. The highest BCUT2D eigenvalue weighted by molar-refractivity contribution is 5.85. The molecular formula is C22H25N3O3. The van der Waals surface area contributed by atoms with Crippen molar-refractivity contribution in [3.05, 3.63) is 59.3 Å². The van der Waals surface area contributed by atoms with Crippen LogP contribution in [0.15, 0.2) is 42.5 Å². The Kier molecular flexibility index (Phi) is 5.21. The summed E-state index contributed by atoms with van der Waals surface area (Å²) in [5.74, 6) is 1.67. The van der Waals surface area contributed by atoms with Gasteiger partial charge in [0.1, 0.15) is 0 Å². The molecule has 0 radical (unpaired) electrons. The fraction of sp³-hybridized carbons (Fsp3) is 0.318. The number of nitrogens with one attached hydrogen (secondary N) is 3. The van der Waals surface area contributed by atoms with Crippen molar-refractivity contribution in [2.24, 2.45) is 0 Å². The van der Waals surface area contributed by atoms with E-state index < -0.39 is 0 Å². The number of aromatic amines is 1. The number of carbonyl (C=O) groups excluding carboxylic acids is 1. The van der Waals surface area contributed by atoms with Gasteiger partial charge in [0.25, 0.3) is 0 Å². The second kappa shape index (κ2) is 7.94. The Morgan fingerprint density at radius 1 is 1.14 bits per heavy atom. The summed E-state index contributed by atoms with van der Waals surface area (Å²) in [4.78, 5) is 13.1. The van der Waals surface area contributed by atoms with Gasteiger partial charge in [0.05, 0.1) is 6.04 Å². The van der Waals surface area contributed by atoms with Crippen molar-refractivity contribution in [2.75, 3.05) is 13.3 Å². The van der Waals surface area contributed by atoms with E-state index in [2.05, 4.69) is 52.0 Å². The summed E-state index contributed by atoms with van der Waals surface area (Å²) in [6, 6.07) is 15.2. The predicted molar refractivity (Wildman–Crippen MR) is 109 cm³/mol. The van der Waals surface area contributed by atoms with Gasteiger partial charge in [-0.1, -0.05) is 24.3 Å². The molecule has 2 aliphatic heterocycles. The summed E-state index contributed by atoms with van der Waals surface area (Å²) in [7, 11) is 0. The Morgan fingerprint density at radius 2 is 1.96 bits per heavy atom. The Labute approximate surface area is 164 Å². The van der Waals surface area contributed by atoms with Crippen LogP contribution in [-0.4, -0.2) is 30.8 Å². The molecule has 2 aromatic carbocycles. The molecule has 0 fully saturated rings. The minimum absolute atomic E-state index is 0.172. The smallest absolute Gasteiger partial charge is 0.231 e. The zero-order chi connectivity index (χ0) is 19.5.